The smallest absolute Gasteiger partial charge is 0.0375 e. The second kappa shape index (κ2) is 1.05. The van der Waals surface area contributed by atoms with Gasteiger partial charge >= 0.3 is 0 Å². The maximum Gasteiger partial charge on any atom is 0.0375 e. The van der Waals surface area contributed by atoms with Gasteiger partial charge in [0.2, 0.25) is 0 Å². The van der Waals surface area contributed by atoms with Crippen molar-refractivity contribution < 1.29 is 0 Å². The van der Waals surface area contributed by atoms with E-state index in [-0.39, 0.29) is 0 Å². The minimum Gasteiger partial charge on any atom is -0.307 e. The fraction of sp³-hybridized carbons (Fsp3) is 0.750. The lowest BCUT2D eigenvalue weighted by atomic mass is 10.2. The molecule has 1 heterocycles. The zero-order chi connectivity index (χ0) is 4.57. The first kappa shape index (κ1) is 3.81. The van der Waals surface area contributed by atoms with Crippen LogP contribution in [0.3, 0.4) is 0 Å². The van der Waals surface area contributed by atoms with E-state index in [0.29, 0.717) is 0 Å². The van der Waals surface area contributed by atoms with Crippen LogP contribution in [-0.2, 0) is 0 Å². The molecule has 0 atom stereocenters. The van der Waals surface area contributed by atoms with E-state index >= 15 is 0 Å². The van der Waals surface area contributed by atoms with E-state index in [1.165, 1.54) is 0 Å². The molecule has 0 radical (unpaired) electrons. The monoisotopic (exact) mass is 84.1 g/mol. The van der Waals surface area contributed by atoms with Gasteiger partial charge in [0.1, 0.15) is 0 Å². The molecule has 1 rings (SSSR count). The van der Waals surface area contributed by atoms with Gasteiger partial charge in [0.25, 0.3) is 0 Å². The Morgan fingerprint density at radius 3 is 2.17 bits per heavy atom. The molecule has 0 aromatic rings. The van der Waals surface area contributed by atoms with E-state index in [1.807, 2.05) is 7.05 Å². The van der Waals surface area contributed by atoms with Crippen molar-refractivity contribution in [2.45, 2.75) is 0 Å². The predicted octanol–water partition coefficient (Wildman–Crippen LogP) is -0.0484. The molecule has 34 valence electrons. The van der Waals surface area contributed by atoms with Gasteiger partial charge in [-0.05, 0) is 7.05 Å². The molecule has 1 N–H and O–H groups in total. The fourth-order valence-electron chi connectivity index (χ4n) is 0.605. The topological polar surface area (TPSA) is 27.1 Å². The Hall–Kier alpha value is -0.370. The molecular formula is C4H8N2. The summed E-state index contributed by atoms with van der Waals surface area (Å²) < 4.78 is 0. The second-order valence-corrected chi connectivity index (χ2v) is 1.78. The van der Waals surface area contributed by atoms with Crippen LogP contribution in [-0.4, -0.2) is 30.7 Å². The van der Waals surface area contributed by atoms with E-state index in [4.69, 9.17) is 5.41 Å². The van der Waals surface area contributed by atoms with E-state index in [2.05, 4.69) is 4.90 Å². The first-order valence-electron chi connectivity index (χ1n) is 2.04. The molecule has 1 saturated heterocycles. The third-order valence-corrected chi connectivity index (χ3v) is 0.922. The molecule has 1 fully saturated rings. The molecule has 0 unspecified atom stereocenters. The number of rotatable bonds is 0. The van der Waals surface area contributed by atoms with E-state index in [1.54, 1.807) is 0 Å². The molecule has 1 aliphatic rings. The van der Waals surface area contributed by atoms with Gasteiger partial charge in [0, 0.05) is 18.8 Å². The molecule has 1 aliphatic heterocycles. The largest absolute Gasteiger partial charge is 0.307 e. The molecule has 0 aromatic heterocycles. The predicted molar refractivity (Wildman–Crippen MR) is 25.2 cm³/mol. The Labute approximate surface area is 37.3 Å². The van der Waals surface area contributed by atoms with Crippen LogP contribution in [0, 0.1) is 5.41 Å². The van der Waals surface area contributed by atoms with Crippen molar-refractivity contribution in [2.75, 3.05) is 20.1 Å². The van der Waals surface area contributed by atoms with Crippen LogP contribution < -0.4 is 0 Å². The highest BCUT2D eigenvalue weighted by Crippen LogP contribution is 1.94. The molecule has 6 heavy (non-hydrogen) atoms. The van der Waals surface area contributed by atoms with Gasteiger partial charge in [-0.1, -0.05) is 0 Å². The lowest BCUT2D eigenvalue weighted by Crippen LogP contribution is -2.43. The summed E-state index contributed by atoms with van der Waals surface area (Å²) in [6, 6.07) is 0. The number of hydrogen-bond donors (Lipinski definition) is 1. The van der Waals surface area contributed by atoms with Crippen molar-refractivity contribution in [3.05, 3.63) is 0 Å². The number of likely N-dealkylation sites (tertiary alicyclic amines) is 1. The highest BCUT2D eigenvalue weighted by molar-refractivity contribution is 5.90. The third kappa shape index (κ3) is 0.431. The van der Waals surface area contributed by atoms with Gasteiger partial charge in [-0.25, -0.2) is 0 Å². The van der Waals surface area contributed by atoms with Gasteiger partial charge < -0.3 is 5.41 Å². The highest BCUT2D eigenvalue weighted by atomic mass is 15.2. The van der Waals surface area contributed by atoms with Gasteiger partial charge in [0.05, 0.1) is 0 Å². The van der Waals surface area contributed by atoms with E-state index in [0.717, 1.165) is 18.8 Å². The number of hydrogen-bond acceptors (Lipinski definition) is 2. The Bertz CT molecular complexity index is 69.6. The van der Waals surface area contributed by atoms with Crippen molar-refractivity contribution >= 4 is 5.71 Å². The minimum atomic E-state index is 0.859. The molecule has 0 bridgehead atoms. The Balaban J connectivity index is 2.28. The molecule has 0 amide bonds. The summed E-state index contributed by atoms with van der Waals surface area (Å²) in [5, 5.41) is 6.92. The van der Waals surface area contributed by atoms with Gasteiger partial charge in [-0.2, -0.15) is 0 Å². The number of nitrogens with one attached hydrogen (secondary N) is 1. The minimum absolute atomic E-state index is 0.859. The van der Waals surface area contributed by atoms with Crippen LogP contribution >= 0.6 is 0 Å². The molecule has 2 heteroatoms. The van der Waals surface area contributed by atoms with Crippen LogP contribution in [0.4, 0.5) is 0 Å². The summed E-state index contributed by atoms with van der Waals surface area (Å²) in [7, 11) is 2.01. The highest BCUT2D eigenvalue weighted by Gasteiger charge is 2.13. The van der Waals surface area contributed by atoms with Crippen LogP contribution in [0.2, 0.25) is 0 Å². The summed E-state index contributed by atoms with van der Waals surface area (Å²) >= 11 is 0. The summed E-state index contributed by atoms with van der Waals surface area (Å²) in [6.07, 6.45) is 0. The SMILES string of the molecule is CN1CC(=N)C1. The quantitative estimate of drug-likeness (QED) is 0.438. The maximum absolute atomic E-state index is 6.92. The molecule has 0 aromatic carbocycles. The van der Waals surface area contributed by atoms with Crippen molar-refractivity contribution in [3.8, 4) is 0 Å². The molecule has 0 saturated carbocycles. The molecule has 2 nitrogen and oxygen atoms in total. The average molecular weight is 84.1 g/mol. The van der Waals surface area contributed by atoms with Crippen molar-refractivity contribution in [1.29, 1.82) is 5.41 Å². The van der Waals surface area contributed by atoms with Gasteiger partial charge in [-0.3, -0.25) is 4.90 Å². The van der Waals surface area contributed by atoms with Gasteiger partial charge in [0.15, 0.2) is 0 Å². The summed E-state index contributed by atoms with van der Waals surface area (Å²) in [5.74, 6) is 0. The zero-order valence-electron chi connectivity index (χ0n) is 3.86. The molecule has 0 spiro atoms. The normalized spacial score (nSPS) is 23.8. The third-order valence-electron chi connectivity index (χ3n) is 0.922. The van der Waals surface area contributed by atoms with Crippen LogP contribution in [0.1, 0.15) is 0 Å². The summed E-state index contributed by atoms with van der Waals surface area (Å²) in [6.45, 7) is 1.78. The lowest BCUT2D eigenvalue weighted by molar-refractivity contribution is 0.374. The first-order chi connectivity index (χ1) is 2.79. The standard InChI is InChI=1S/C4H8N2/c1-6-2-4(5)3-6/h5H,2-3H2,1H3. The Morgan fingerprint density at radius 1 is 1.67 bits per heavy atom. The Morgan fingerprint density at radius 2 is 2.17 bits per heavy atom. The molecular weight excluding hydrogens is 76.1 g/mol. The van der Waals surface area contributed by atoms with Crippen LogP contribution in [0.25, 0.3) is 0 Å². The van der Waals surface area contributed by atoms with Crippen LogP contribution in [0.15, 0.2) is 0 Å². The van der Waals surface area contributed by atoms with Crippen molar-refractivity contribution in [2.24, 2.45) is 0 Å². The van der Waals surface area contributed by atoms with Crippen molar-refractivity contribution in [3.63, 3.8) is 0 Å². The van der Waals surface area contributed by atoms with Crippen LogP contribution in [0.5, 0.6) is 0 Å². The lowest BCUT2D eigenvalue weighted by Gasteiger charge is -2.26. The van der Waals surface area contributed by atoms with E-state index in [9.17, 15) is 0 Å². The first-order valence-corrected chi connectivity index (χ1v) is 2.04. The second-order valence-electron chi connectivity index (χ2n) is 1.78. The molecule has 0 aliphatic carbocycles. The zero-order valence-corrected chi connectivity index (χ0v) is 3.86. The fourth-order valence-corrected chi connectivity index (χ4v) is 0.605. The number of nitrogens with zero attached hydrogens (tertiary/aromatic N) is 1. The summed E-state index contributed by atoms with van der Waals surface area (Å²) in [5.41, 5.74) is 0.859. The maximum atomic E-state index is 6.92. The van der Waals surface area contributed by atoms with E-state index < -0.39 is 0 Å². The average Bonchev–Trinajstić information content (AvgIpc) is 1.33. The van der Waals surface area contributed by atoms with Crippen molar-refractivity contribution in [1.82, 2.24) is 4.90 Å². The summed E-state index contributed by atoms with van der Waals surface area (Å²) in [4.78, 5) is 2.10. The van der Waals surface area contributed by atoms with Gasteiger partial charge in [-0.15, -0.1) is 0 Å². The Kier molecular flexibility index (Phi) is 0.665.